The zero-order valence-electron chi connectivity index (χ0n) is 8.28. The summed E-state index contributed by atoms with van der Waals surface area (Å²) in [5.74, 6) is 0.563. The molecule has 0 N–H and O–H groups in total. The van der Waals surface area contributed by atoms with Crippen LogP contribution in [0, 0.1) is 0 Å². The van der Waals surface area contributed by atoms with Crippen molar-refractivity contribution in [3.05, 3.63) is 30.2 Å². The van der Waals surface area contributed by atoms with Gasteiger partial charge in [-0.1, -0.05) is 13.8 Å². The van der Waals surface area contributed by atoms with E-state index in [4.69, 9.17) is 0 Å². The second-order valence-corrected chi connectivity index (χ2v) is 3.78. The molecule has 0 saturated heterocycles. The van der Waals surface area contributed by atoms with Crippen LogP contribution in [0.2, 0.25) is 0 Å². The summed E-state index contributed by atoms with van der Waals surface area (Å²) in [5.41, 5.74) is 2.47. The van der Waals surface area contributed by atoms with Crippen LogP contribution in [-0.2, 0) is 7.05 Å². The molecule has 2 heteroatoms. The Kier molecular flexibility index (Phi) is 1.83. The van der Waals surface area contributed by atoms with E-state index in [0.717, 1.165) is 5.52 Å². The van der Waals surface area contributed by atoms with Crippen molar-refractivity contribution in [1.29, 1.82) is 0 Å². The average molecular weight is 174 g/mol. The molecule has 0 unspecified atom stereocenters. The molecule has 2 rings (SSSR count). The van der Waals surface area contributed by atoms with Crippen LogP contribution in [0.1, 0.15) is 25.3 Å². The van der Waals surface area contributed by atoms with E-state index in [1.54, 1.807) is 0 Å². The maximum Gasteiger partial charge on any atom is 0.0881 e. The normalized spacial score (nSPS) is 11.4. The summed E-state index contributed by atoms with van der Waals surface area (Å²) in [5, 5.41) is 1.28. The van der Waals surface area contributed by atoms with Crippen molar-refractivity contribution in [1.82, 2.24) is 9.55 Å². The van der Waals surface area contributed by atoms with Crippen molar-refractivity contribution in [2.24, 2.45) is 7.05 Å². The molecule has 0 spiro atoms. The molecular weight excluding hydrogens is 160 g/mol. The van der Waals surface area contributed by atoms with Crippen molar-refractivity contribution < 1.29 is 0 Å². The molecule has 0 saturated carbocycles. The first kappa shape index (κ1) is 8.30. The number of rotatable bonds is 1. The van der Waals surface area contributed by atoms with Gasteiger partial charge in [0.05, 0.1) is 5.52 Å². The largest absolute Gasteiger partial charge is 0.354 e. The van der Waals surface area contributed by atoms with E-state index in [-0.39, 0.29) is 0 Å². The highest BCUT2D eigenvalue weighted by Crippen LogP contribution is 2.23. The highest BCUT2D eigenvalue weighted by Gasteiger charge is 2.06. The zero-order valence-corrected chi connectivity index (χ0v) is 8.28. The fraction of sp³-hybridized carbons (Fsp3) is 0.364. The van der Waals surface area contributed by atoms with Crippen molar-refractivity contribution in [2.75, 3.05) is 0 Å². The number of hydrogen-bond acceptors (Lipinski definition) is 1. The van der Waals surface area contributed by atoms with E-state index in [0.29, 0.717) is 5.92 Å². The van der Waals surface area contributed by atoms with Gasteiger partial charge in [-0.15, -0.1) is 0 Å². The minimum absolute atomic E-state index is 0.563. The van der Waals surface area contributed by atoms with Crippen LogP contribution in [0.5, 0.6) is 0 Å². The van der Waals surface area contributed by atoms with Crippen molar-refractivity contribution in [3.8, 4) is 0 Å². The molecule has 0 aliphatic heterocycles. The molecular formula is C11H14N2. The lowest BCUT2D eigenvalue weighted by Crippen LogP contribution is -1.88. The average Bonchev–Trinajstić information content (AvgIpc) is 2.43. The fourth-order valence-electron chi connectivity index (χ4n) is 1.69. The Balaban J connectivity index is 2.75. The van der Waals surface area contributed by atoms with Crippen LogP contribution < -0.4 is 0 Å². The van der Waals surface area contributed by atoms with Gasteiger partial charge in [-0.3, -0.25) is 4.98 Å². The molecule has 2 aromatic heterocycles. The van der Waals surface area contributed by atoms with E-state index < -0.39 is 0 Å². The number of aryl methyl sites for hydroxylation is 1. The van der Waals surface area contributed by atoms with E-state index >= 15 is 0 Å². The predicted octanol–water partition coefficient (Wildman–Crippen LogP) is 2.70. The second-order valence-electron chi connectivity index (χ2n) is 3.78. The Morgan fingerprint density at radius 2 is 2.08 bits per heavy atom. The van der Waals surface area contributed by atoms with Gasteiger partial charge in [0.1, 0.15) is 0 Å². The summed E-state index contributed by atoms with van der Waals surface area (Å²) in [7, 11) is 2.03. The third-order valence-corrected chi connectivity index (χ3v) is 2.34. The summed E-state index contributed by atoms with van der Waals surface area (Å²) in [6.07, 6.45) is 6.08. The highest BCUT2D eigenvalue weighted by molar-refractivity contribution is 5.82. The Morgan fingerprint density at radius 1 is 1.31 bits per heavy atom. The van der Waals surface area contributed by atoms with Gasteiger partial charge in [-0.2, -0.15) is 0 Å². The van der Waals surface area contributed by atoms with E-state index in [9.17, 15) is 0 Å². The SMILES string of the molecule is CC(C)c1ccnc2cn(C)cc12. The minimum Gasteiger partial charge on any atom is -0.354 e. The number of fused-ring (bicyclic) bond motifs is 1. The molecule has 68 valence electrons. The van der Waals surface area contributed by atoms with Gasteiger partial charge in [-0.05, 0) is 17.5 Å². The Bertz CT molecular complexity index is 427. The molecule has 13 heavy (non-hydrogen) atoms. The summed E-state index contributed by atoms with van der Waals surface area (Å²) >= 11 is 0. The molecule has 2 nitrogen and oxygen atoms in total. The monoisotopic (exact) mass is 174 g/mol. The number of nitrogens with zero attached hydrogens (tertiary/aromatic N) is 2. The third-order valence-electron chi connectivity index (χ3n) is 2.34. The Morgan fingerprint density at radius 3 is 2.77 bits per heavy atom. The van der Waals surface area contributed by atoms with Crippen LogP contribution in [-0.4, -0.2) is 9.55 Å². The molecule has 2 aromatic rings. The van der Waals surface area contributed by atoms with Gasteiger partial charge in [0.25, 0.3) is 0 Å². The standard InChI is InChI=1S/C11H14N2/c1-8(2)9-4-5-12-11-7-13(3)6-10(9)11/h4-8H,1-3H3. The summed E-state index contributed by atoms with van der Waals surface area (Å²) in [4.78, 5) is 4.32. The van der Waals surface area contributed by atoms with Gasteiger partial charge in [0.15, 0.2) is 0 Å². The molecule has 0 fully saturated rings. The lowest BCUT2D eigenvalue weighted by atomic mass is 10.0. The van der Waals surface area contributed by atoms with Gasteiger partial charge in [-0.25, -0.2) is 0 Å². The molecule has 0 amide bonds. The van der Waals surface area contributed by atoms with E-state index in [2.05, 4.69) is 41.9 Å². The van der Waals surface area contributed by atoms with Gasteiger partial charge in [0, 0.05) is 31.0 Å². The maximum absolute atomic E-state index is 4.32. The lowest BCUT2D eigenvalue weighted by Gasteiger charge is -2.05. The van der Waals surface area contributed by atoms with Crippen LogP contribution in [0.3, 0.4) is 0 Å². The van der Waals surface area contributed by atoms with Gasteiger partial charge in [0.2, 0.25) is 0 Å². The van der Waals surface area contributed by atoms with Crippen LogP contribution in [0.15, 0.2) is 24.7 Å². The smallest absolute Gasteiger partial charge is 0.0881 e. The molecule has 0 aromatic carbocycles. The summed E-state index contributed by atoms with van der Waals surface area (Å²) in [6.45, 7) is 4.42. The first-order valence-electron chi connectivity index (χ1n) is 4.59. The topological polar surface area (TPSA) is 17.8 Å². The van der Waals surface area contributed by atoms with Gasteiger partial charge >= 0.3 is 0 Å². The van der Waals surface area contributed by atoms with Crippen LogP contribution >= 0.6 is 0 Å². The first-order chi connectivity index (χ1) is 6.18. The molecule has 2 heterocycles. The van der Waals surface area contributed by atoms with Crippen molar-refractivity contribution in [3.63, 3.8) is 0 Å². The molecule has 0 radical (unpaired) electrons. The molecule has 0 bridgehead atoms. The number of hydrogen-bond donors (Lipinski definition) is 0. The lowest BCUT2D eigenvalue weighted by molar-refractivity contribution is 0.873. The predicted molar refractivity (Wildman–Crippen MR) is 54.8 cm³/mol. The molecule has 0 atom stereocenters. The quantitative estimate of drug-likeness (QED) is 0.650. The third kappa shape index (κ3) is 1.32. The number of aromatic nitrogens is 2. The first-order valence-corrected chi connectivity index (χ1v) is 4.59. The Labute approximate surface area is 78.2 Å². The molecule has 0 aliphatic carbocycles. The van der Waals surface area contributed by atoms with Gasteiger partial charge < -0.3 is 4.57 Å². The molecule has 0 aliphatic rings. The summed E-state index contributed by atoms with van der Waals surface area (Å²) < 4.78 is 2.06. The van der Waals surface area contributed by atoms with Crippen molar-refractivity contribution in [2.45, 2.75) is 19.8 Å². The van der Waals surface area contributed by atoms with E-state index in [1.165, 1.54) is 10.9 Å². The zero-order chi connectivity index (χ0) is 9.42. The highest BCUT2D eigenvalue weighted by atomic mass is 14.9. The van der Waals surface area contributed by atoms with E-state index in [1.807, 2.05) is 13.2 Å². The maximum atomic E-state index is 4.32. The Hall–Kier alpha value is -1.31. The minimum atomic E-state index is 0.563. The van der Waals surface area contributed by atoms with Crippen LogP contribution in [0.4, 0.5) is 0 Å². The summed E-state index contributed by atoms with van der Waals surface area (Å²) in [6, 6.07) is 2.10. The van der Waals surface area contributed by atoms with Crippen molar-refractivity contribution >= 4 is 10.9 Å². The van der Waals surface area contributed by atoms with Crippen LogP contribution in [0.25, 0.3) is 10.9 Å². The number of pyridine rings is 1. The fourth-order valence-corrected chi connectivity index (χ4v) is 1.69. The second kappa shape index (κ2) is 2.87.